The first-order valence-corrected chi connectivity index (χ1v) is 14.4. The van der Waals surface area contributed by atoms with Gasteiger partial charge in [-0.3, -0.25) is 14.7 Å². The monoisotopic (exact) mass is 606 g/mol. The van der Waals surface area contributed by atoms with E-state index in [9.17, 15) is 27.6 Å². The number of halogens is 3. The van der Waals surface area contributed by atoms with Crippen LogP contribution in [-0.4, -0.2) is 92.7 Å². The minimum Gasteiger partial charge on any atom is -0.481 e. The number of pyridine rings is 1. The van der Waals surface area contributed by atoms with Gasteiger partial charge in [-0.2, -0.15) is 5.10 Å². The summed E-state index contributed by atoms with van der Waals surface area (Å²) in [6, 6.07) is 2.62. The molecule has 1 spiro atoms. The summed E-state index contributed by atoms with van der Waals surface area (Å²) < 4.78 is 54.5. The van der Waals surface area contributed by atoms with Crippen LogP contribution < -0.4 is 10.1 Å². The first kappa shape index (κ1) is 30.6. The Labute approximate surface area is 247 Å². The summed E-state index contributed by atoms with van der Waals surface area (Å²) >= 11 is 0. The van der Waals surface area contributed by atoms with Crippen molar-refractivity contribution in [2.75, 3.05) is 26.7 Å². The van der Waals surface area contributed by atoms with E-state index in [4.69, 9.17) is 9.47 Å². The van der Waals surface area contributed by atoms with E-state index < -0.39 is 47.3 Å². The van der Waals surface area contributed by atoms with Crippen LogP contribution in [0.2, 0.25) is 0 Å². The van der Waals surface area contributed by atoms with E-state index in [0.29, 0.717) is 19.4 Å². The van der Waals surface area contributed by atoms with Crippen molar-refractivity contribution in [1.29, 1.82) is 0 Å². The average molecular weight is 607 g/mol. The summed E-state index contributed by atoms with van der Waals surface area (Å²) in [6.07, 6.45) is 2.35. The second-order valence-electron chi connectivity index (χ2n) is 12.7. The van der Waals surface area contributed by atoms with Crippen LogP contribution in [0, 0.1) is 11.7 Å². The standard InChI is InChI=1S/C29H37F3N6O5/c1-27(2,3)43-26(41)37-9-5-17(29(31,32)16-37)11-23(39)34-18-6-10-38(28(14-18)7-8-28)25(40)22-13-21(35-36-22)19-12-24(42-4)33-15-20(19)30/h12-13,15,17-18H,5-11,14,16H2,1-4H3,(H,34,39)(H,35,36)/t17?,18-/m0/s1. The van der Waals surface area contributed by atoms with Crippen LogP contribution >= 0.6 is 0 Å². The molecule has 234 valence electrons. The van der Waals surface area contributed by atoms with Crippen molar-refractivity contribution in [1.82, 2.24) is 30.3 Å². The normalized spacial score (nSPS) is 22.7. The van der Waals surface area contributed by atoms with Crippen LogP contribution in [0.1, 0.15) is 69.8 Å². The molecule has 11 nitrogen and oxygen atoms in total. The number of amides is 3. The minimum atomic E-state index is -3.23. The van der Waals surface area contributed by atoms with Gasteiger partial charge in [0.2, 0.25) is 11.8 Å². The number of nitrogens with one attached hydrogen (secondary N) is 2. The second kappa shape index (κ2) is 11.3. The SMILES string of the molecule is COc1cc(-c2cc(C(=O)N3CC[C@H](NC(=O)CC4CCN(C(=O)OC(C)(C)C)CC4(F)F)CC34CC4)[nH]n2)c(F)cn1. The number of methoxy groups -OCH3 is 1. The number of rotatable bonds is 6. The van der Waals surface area contributed by atoms with E-state index in [1.165, 1.54) is 19.2 Å². The summed E-state index contributed by atoms with van der Waals surface area (Å²) in [7, 11) is 1.41. The van der Waals surface area contributed by atoms with Crippen molar-refractivity contribution in [2.45, 2.75) is 82.4 Å². The van der Waals surface area contributed by atoms with Gasteiger partial charge in [0, 0.05) is 48.6 Å². The lowest BCUT2D eigenvalue weighted by Gasteiger charge is -2.41. The van der Waals surface area contributed by atoms with Crippen LogP contribution in [0.4, 0.5) is 18.0 Å². The maximum absolute atomic E-state index is 14.9. The van der Waals surface area contributed by atoms with Crippen LogP contribution in [0.25, 0.3) is 11.3 Å². The number of hydrogen-bond acceptors (Lipinski definition) is 7. The molecule has 5 rings (SSSR count). The first-order chi connectivity index (χ1) is 20.2. The van der Waals surface area contributed by atoms with Gasteiger partial charge in [0.1, 0.15) is 11.3 Å². The third-order valence-electron chi connectivity index (χ3n) is 8.29. The van der Waals surface area contributed by atoms with Crippen molar-refractivity contribution >= 4 is 17.9 Å². The maximum Gasteiger partial charge on any atom is 0.410 e. The third-order valence-corrected chi connectivity index (χ3v) is 8.29. The molecule has 1 saturated carbocycles. The fourth-order valence-corrected chi connectivity index (χ4v) is 5.92. The van der Waals surface area contributed by atoms with E-state index in [1.807, 2.05) is 0 Å². The molecule has 0 bridgehead atoms. The number of H-pyrrole nitrogens is 1. The van der Waals surface area contributed by atoms with E-state index in [0.717, 1.165) is 23.9 Å². The van der Waals surface area contributed by atoms with Gasteiger partial charge in [0.15, 0.2) is 5.82 Å². The number of nitrogens with zero attached hydrogens (tertiary/aromatic N) is 4. The number of alkyl halides is 2. The van der Waals surface area contributed by atoms with Gasteiger partial charge in [0.05, 0.1) is 25.5 Å². The fraction of sp³-hybridized carbons (Fsp3) is 0.621. The molecule has 2 aromatic rings. The molecule has 3 fully saturated rings. The Hall–Kier alpha value is -3.84. The zero-order valence-electron chi connectivity index (χ0n) is 24.7. The van der Waals surface area contributed by atoms with E-state index >= 15 is 0 Å². The number of carbonyl (C=O) groups excluding carboxylic acids is 3. The summed E-state index contributed by atoms with van der Waals surface area (Å²) in [5.74, 6) is -5.56. The van der Waals surface area contributed by atoms with Gasteiger partial charge >= 0.3 is 6.09 Å². The summed E-state index contributed by atoms with van der Waals surface area (Å²) in [6.45, 7) is 4.67. The number of aromatic amines is 1. The van der Waals surface area contributed by atoms with Gasteiger partial charge in [-0.15, -0.1) is 0 Å². The van der Waals surface area contributed by atoms with E-state index in [-0.39, 0.29) is 54.2 Å². The van der Waals surface area contributed by atoms with Gasteiger partial charge in [0.25, 0.3) is 11.8 Å². The molecule has 43 heavy (non-hydrogen) atoms. The number of piperidine rings is 2. The first-order valence-electron chi connectivity index (χ1n) is 14.4. The number of carbonyl (C=O) groups is 3. The van der Waals surface area contributed by atoms with Crippen LogP contribution in [0.3, 0.4) is 0 Å². The highest BCUT2D eigenvalue weighted by molar-refractivity contribution is 5.94. The summed E-state index contributed by atoms with van der Waals surface area (Å²) in [5.41, 5.74) is -0.642. The summed E-state index contributed by atoms with van der Waals surface area (Å²) in [5, 5.41) is 9.73. The topological polar surface area (TPSA) is 130 Å². The Bertz CT molecular complexity index is 1390. The molecule has 4 heterocycles. The third kappa shape index (κ3) is 6.72. The number of aromatic nitrogens is 3. The fourth-order valence-electron chi connectivity index (χ4n) is 5.92. The van der Waals surface area contributed by atoms with E-state index in [2.05, 4.69) is 20.5 Å². The smallest absolute Gasteiger partial charge is 0.410 e. The maximum atomic E-state index is 14.9. The van der Waals surface area contributed by atoms with E-state index in [1.54, 1.807) is 25.7 Å². The number of hydrogen-bond donors (Lipinski definition) is 2. The Morgan fingerprint density at radius 1 is 1.16 bits per heavy atom. The highest BCUT2D eigenvalue weighted by atomic mass is 19.3. The minimum absolute atomic E-state index is 0.0150. The van der Waals surface area contributed by atoms with Gasteiger partial charge in [-0.05, 0) is 58.9 Å². The second-order valence-corrected chi connectivity index (χ2v) is 12.7. The van der Waals surface area contributed by atoms with Crippen molar-refractivity contribution in [3.05, 3.63) is 29.8 Å². The average Bonchev–Trinajstić information content (AvgIpc) is 3.49. The van der Waals surface area contributed by atoms with Crippen molar-refractivity contribution in [3.8, 4) is 17.1 Å². The molecule has 0 radical (unpaired) electrons. The predicted molar refractivity (Wildman–Crippen MR) is 148 cm³/mol. The lowest BCUT2D eigenvalue weighted by molar-refractivity contribution is -0.136. The quantitative estimate of drug-likeness (QED) is 0.505. The Morgan fingerprint density at radius 2 is 1.91 bits per heavy atom. The Morgan fingerprint density at radius 3 is 2.56 bits per heavy atom. The Kier molecular flexibility index (Phi) is 8.07. The largest absolute Gasteiger partial charge is 0.481 e. The predicted octanol–water partition coefficient (Wildman–Crippen LogP) is 4.16. The number of ether oxygens (including phenoxy) is 2. The lowest BCUT2D eigenvalue weighted by Crippen LogP contribution is -2.55. The van der Waals surface area contributed by atoms with Crippen LogP contribution in [-0.2, 0) is 9.53 Å². The highest BCUT2D eigenvalue weighted by Crippen LogP contribution is 2.49. The molecular formula is C29H37F3N6O5. The van der Waals surface area contributed by atoms with Crippen LogP contribution in [0.5, 0.6) is 5.88 Å². The molecule has 1 aliphatic carbocycles. The molecule has 3 aliphatic rings. The molecular weight excluding hydrogens is 569 g/mol. The zero-order valence-corrected chi connectivity index (χ0v) is 24.7. The number of likely N-dealkylation sites (tertiary alicyclic amines) is 2. The van der Waals surface area contributed by atoms with Crippen molar-refractivity contribution in [3.63, 3.8) is 0 Å². The lowest BCUT2D eigenvalue weighted by atomic mass is 9.89. The summed E-state index contributed by atoms with van der Waals surface area (Å²) in [4.78, 5) is 45.1. The molecule has 2 N–H and O–H groups in total. The van der Waals surface area contributed by atoms with Crippen molar-refractivity contribution in [2.24, 2.45) is 5.92 Å². The van der Waals surface area contributed by atoms with Crippen LogP contribution in [0.15, 0.2) is 18.3 Å². The molecule has 3 amide bonds. The zero-order chi connectivity index (χ0) is 31.2. The molecule has 1 unspecified atom stereocenters. The van der Waals surface area contributed by atoms with Gasteiger partial charge in [-0.25, -0.2) is 22.9 Å². The van der Waals surface area contributed by atoms with Crippen molar-refractivity contribution < 1.29 is 37.0 Å². The molecule has 2 aromatic heterocycles. The molecule has 0 aromatic carbocycles. The molecule has 2 atom stereocenters. The molecule has 2 aliphatic heterocycles. The molecule has 14 heteroatoms. The van der Waals surface area contributed by atoms with Gasteiger partial charge in [-0.1, -0.05) is 0 Å². The highest BCUT2D eigenvalue weighted by Gasteiger charge is 2.54. The molecule has 2 saturated heterocycles. The van der Waals surface area contributed by atoms with Gasteiger partial charge < -0.3 is 24.6 Å². The Balaban J connectivity index is 1.16.